The molecule has 1 atom stereocenters. The lowest BCUT2D eigenvalue weighted by Gasteiger charge is -2.29. The number of amides is 2. The molecule has 126 valence electrons. The normalized spacial score (nSPS) is 15.6. The number of nitrogens with one attached hydrogen (secondary N) is 2. The highest BCUT2D eigenvalue weighted by atomic mass is 16.5. The number of carbonyl (C=O) groups excluding carboxylic acids is 1. The summed E-state index contributed by atoms with van der Waals surface area (Å²) in [6, 6.07) is 7.06. The third kappa shape index (κ3) is 3.99. The van der Waals surface area contributed by atoms with Crippen molar-refractivity contribution >= 4 is 17.5 Å². The van der Waals surface area contributed by atoms with Gasteiger partial charge in [0, 0.05) is 31.7 Å². The Labute approximate surface area is 141 Å². The van der Waals surface area contributed by atoms with Gasteiger partial charge in [0.25, 0.3) is 0 Å². The summed E-state index contributed by atoms with van der Waals surface area (Å²) in [6.07, 6.45) is 5.15. The van der Waals surface area contributed by atoms with E-state index in [0.717, 1.165) is 24.5 Å². The second kappa shape index (κ2) is 7.74. The highest BCUT2D eigenvalue weighted by Crippen LogP contribution is 2.23. The number of anilines is 2. The maximum Gasteiger partial charge on any atom is 0.319 e. The van der Waals surface area contributed by atoms with E-state index in [1.807, 2.05) is 31.2 Å². The molecule has 7 nitrogen and oxygen atoms in total. The van der Waals surface area contributed by atoms with Crippen LogP contribution in [0.3, 0.4) is 0 Å². The first kappa shape index (κ1) is 16.2. The Morgan fingerprint density at radius 2 is 1.96 bits per heavy atom. The van der Waals surface area contributed by atoms with Gasteiger partial charge in [-0.1, -0.05) is 0 Å². The summed E-state index contributed by atoms with van der Waals surface area (Å²) in [7, 11) is 0. The van der Waals surface area contributed by atoms with Crippen LogP contribution in [0.25, 0.3) is 0 Å². The fraction of sp³-hybridized carbons (Fsp3) is 0.353. The average Bonchev–Trinajstić information content (AvgIpc) is 2.63. The topological polar surface area (TPSA) is 79.4 Å². The van der Waals surface area contributed by atoms with Gasteiger partial charge in [0.05, 0.1) is 24.9 Å². The van der Waals surface area contributed by atoms with Crippen LogP contribution in [0.1, 0.15) is 18.5 Å². The van der Waals surface area contributed by atoms with Crippen molar-refractivity contribution in [2.75, 3.05) is 36.5 Å². The second-order valence-corrected chi connectivity index (χ2v) is 5.57. The van der Waals surface area contributed by atoms with Crippen LogP contribution in [-0.4, -0.2) is 42.3 Å². The summed E-state index contributed by atoms with van der Waals surface area (Å²) in [5.74, 6) is 0.771. The molecule has 3 rings (SSSR count). The minimum atomic E-state index is -0.262. The van der Waals surface area contributed by atoms with Crippen molar-refractivity contribution in [3.8, 4) is 0 Å². The van der Waals surface area contributed by atoms with E-state index in [2.05, 4.69) is 25.5 Å². The van der Waals surface area contributed by atoms with Gasteiger partial charge in [-0.2, -0.15) is 0 Å². The Morgan fingerprint density at radius 3 is 2.71 bits per heavy atom. The number of carbonyl (C=O) groups is 1. The Hall–Kier alpha value is -2.67. The maximum absolute atomic E-state index is 12.3. The van der Waals surface area contributed by atoms with Crippen LogP contribution in [0.15, 0.2) is 42.9 Å². The van der Waals surface area contributed by atoms with Gasteiger partial charge in [-0.25, -0.2) is 9.78 Å². The standard InChI is InChI=1S/C17H21N5O2/c1-13(14-4-7-18-8-5-14)20-17(23)21-15-3-2-6-19-16(15)22-9-11-24-12-10-22/h2-8,13H,9-12H2,1H3,(H2,20,21,23)/t13-/m1/s1. The second-order valence-electron chi connectivity index (χ2n) is 5.57. The van der Waals surface area contributed by atoms with Crippen molar-refractivity contribution in [1.29, 1.82) is 0 Å². The smallest absolute Gasteiger partial charge is 0.319 e. The molecule has 2 N–H and O–H groups in total. The number of nitrogens with zero attached hydrogens (tertiary/aromatic N) is 3. The van der Waals surface area contributed by atoms with Crippen molar-refractivity contribution < 1.29 is 9.53 Å². The molecule has 1 aliphatic rings. The molecule has 2 aromatic heterocycles. The molecule has 0 aromatic carbocycles. The lowest BCUT2D eigenvalue weighted by atomic mass is 10.1. The minimum absolute atomic E-state index is 0.114. The Bertz CT molecular complexity index is 674. The third-order valence-electron chi connectivity index (χ3n) is 3.90. The molecule has 3 heterocycles. The quantitative estimate of drug-likeness (QED) is 0.900. The monoisotopic (exact) mass is 327 g/mol. The molecule has 0 unspecified atom stereocenters. The molecule has 2 amide bonds. The van der Waals surface area contributed by atoms with Crippen LogP contribution < -0.4 is 15.5 Å². The molecule has 0 radical (unpaired) electrons. The first-order valence-electron chi connectivity index (χ1n) is 7.99. The SMILES string of the molecule is C[C@@H](NC(=O)Nc1cccnc1N1CCOCC1)c1ccncc1. The lowest BCUT2D eigenvalue weighted by Crippen LogP contribution is -2.38. The summed E-state index contributed by atoms with van der Waals surface area (Å²) in [5.41, 5.74) is 1.69. The van der Waals surface area contributed by atoms with Crippen molar-refractivity contribution in [3.05, 3.63) is 48.4 Å². The number of aromatic nitrogens is 2. The van der Waals surface area contributed by atoms with Crippen LogP contribution in [0.4, 0.5) is 16.3 Å². The van der Waals surface area contributed by atoms with Gasteiger partial charge in [0.15, 0.2) is 5.82 Å². The largest absolute Gasteiger partial charge is 0.378 e. The molecule has 24 heavy (non-hydrogen) atoms. The summed E-state index contributed by atoms with van der Waals surface area (Å²) >= 11 is 0. The zero-order chi connectivity index (χ0) is 16.8. The molecular weight excluding hydrogens is 306 g/mol. The van der Waals surface area contributed by atoms with E-state index in [1.165, 1.54) is 0 Å². The van der Waals surface area contributed by atoms with E-state index in [4.69, 9.17) is 4.74 Å². The summed E-state index contributed by atoms with van der Waals surface area (Å²) in [5, 5.41) is 5.82. The number of rotatable bonds is 4. The molecule has 0 bridgehead atoms. The first-order valence-corrected chi connectivity index (χ1v) is 7.99. The van der Waals surface area contributed by atoms with Crippen LogP contribution in [0, 0.1) is 0 Å². The maximum atomic E-state index is 12.3. The first-order chi connectivity index (χ1) is 11.7. The molecule has 7 heteroatoms. The van der Waals surface area contributed by atoms with Gasteiger partial charge in [-0.3, -0.25) is 4.98 Å². The van der Waals surface area contributed by atoms with E-state index in [9.17, 15) is 4.79 Å². The van der Waals surface area contributed by atoms with Gasteiger partial charge < -0.3 is 20.3 Å². The number of hydrogen-bond donors (Lipinski definition) is 2. The molecule has 2 aromatic rings. The highest BCUT2D eigenvalue weighted by Gasteiger charge is 2.17. The number of morpholine rings is 1. The van der Waals surface area contributed by atoms with Crippen molar-refractivity contribution in [3.63, 3.8) is 0 Å². The lowest BCUT2D eigenvalue weighted by molar-refractivity contribution is 0.122. The zero-order valence-corrected chi connectivity index (χ0v) is 13.6. The molecule has 1 aliphatic heterocycles. The van der Waals surface area contributed by atoms with Gasteiger partial charge in [-0.15, -0.1) is 0 Å². The minimum Gasteiger partial charge on any atom is -0.378 e. The van der Waals surface area contributed by atoms with Gasteiger partial charge in [0.2, 0.25) is 0 Å². The highest BCUT2D eigenvalue weighted by molar-refractivity contribution is 5.92. The predicted molar refractivity (Wildman–Crippen MR) is 92.1 cm³/mol. The number of ether oxygens (including phenoxy) is 1. The van der Waals surface area contributed by atoms with Crippen LogP contribution in [0.2, 0.25) is 0 Å². The summed E-state index contributed by atoms with van der Waals surface area (Å²) in [4.78, 5) is 22.8. The zero-order valence-electron chi connectivity index (χ0n) is 13.6. The van der Waals surface area contributed by atoms with Gasteiger partial charge in [-0.05, 0) is 36.8 Å². The summed E-state index contributed by atoms with van der Waals surface area (Å²) < 4.78 is 5.37. The Morgan fingerprint density at radius 1 is 1.21 bits per heavy atom. The molecule has 0 saturated carbocycles. The fourth-order valence-corrected chi connectivity index (χ4v) is 2.61. The molecule has 1 fully saturated rings. The van der Waals surface area contributed by atoms with E-state index in [1.54, 1.807) is 18.6 Å². The molecule has 1 saturated heterocycles. The van der Waals surface area contributed by atoms with E-state index in [0.29, 0.717) is 18.9 Å². The van der Waals surface area contributed by atoms with Crippen molar-refractivity contribution in [2.45, 2.75) is 13.0 Å². The number of pyridine rings is 2. The van der Waals surface area contributed by atoms with Crippen LogP contribution in [-0.2, 0) is 4.74 Å². The van der Waals surface area contributed by atoms with Gasteiger partial charge in [0.1, 0.15) is 0 Å². The van der Waals surface area contributed by atoms with Crippen molar-refractivity contribution in [1.82, 2.24) is 15.3 Å². The molecule has 0 aliphatic carbocycles. The molecule has 0 spiro atoms. The average molecular weight is 327 g/mol. The number of urea groups is 1. The Kier molecular flexibility index (Phi) is 5.22. The van der Waals surface area contributed by atoms with Crippen molar-refractivity contribution in [2.24, 2.45) is 0 Å². The molecular formula is C17H21N5O2. The fourth-order valence-electron chi connectivity index (χ4n) is 2.61. The van der Waals surface area contributed by atoms with Crippen LogP contribution in [0.5, 0.6) is 0 Å². The van der Waals surface area contributed by atoms with Crippen LogP contribution >= 0.6 is 0 Å². The number of hydrogen-bond acceptors (Lipinski definition) is 5. The van der Waals surface area contributed by atoms with E-state index < -0.39 is 0 Å². The third-order valence-corrected chi connectivity index (χ3v) is 3.90. The Balaban J connectivity index is 1.66. The van der Waals surface area contributed by atoms with E-state index in [-0.39, 0.29) is 12.1 Å². The predicted octanol–water partition coefficient (Wildman–Crippen LogP) is 2.20. The van der Waals surface area contributed by atoms with Gasteiger partial charge >= 0.3 is 6.03 Å². The summed E-state index contributed by atoms with van der Waals surface area (Å²) in [6.45, 7) is 4.80. The van der Waals surface area contributed by atoms with E-state index >= 15 is 0 Å².